The van der Waals surface area contributed by atoms with Crippen molar-refractivity contribution in [3.8, 4) is 0 Å². The molecule has 0 spiro atoms. The number of aromatic carboxylic acids is 1. The standard InChI is InChI=1S/C12H9ClN4O5/c1-16-5-7(12(19)20)10(15-16)11(18)14-8-3-2-6(13)4-9(8)17(21)22/h2-5H,1H3,(H,14,18)(H,19,20). The Bertz CT molecular complexity index is 786. The monoisotopic (exact) mass is 324 g/mol. The first-order valence-corrected chi connectivity index (χ1v) is 6.19. The summed E-state index contributed by atoms with van der Waals surface area (Å²) in [5.41, 5.74) is -1.18. The van der Waals surface area contributed by atoms with Crippen molar-refractivity contribution < 1.29 is 19.6 Å². The second-order valence-corrected chi connectivity index (χ2v) is 4.68. The smallest absolute Gasteiger partial charge is 0.339 e. The molecule has 114 valence electrons. The maximum Gasteiger partial charge on any atom is 0.339 e. The number of benzene rings is 1. The lowest BCUT2D eigenvalue weighted by molar-refractivity contribution is -0.383. The van der Waals surface area contributed by atoms with Crippen LogP contribution in [0.5, 0.6) is 0 Å². The molecule has 0 bridgehead atoms. The third-order valence-corrected chi connectivity index (χ3v) is 2.91. The van der Waals surface area contributed by atoms with Crippen molar-refractivity contribution in [2.75, 3.05) is 5.32 Å². The van der Waals surface area contributed by atoms with Crippen molar-refractivity contribution in [3.05, 3.63) is 50.8 Å². The van der Waals surface area contributed by atoms with Gasteiger partial charge in [0.1, 0.15) is 11.3 Å². The van der Waals surface area contributed by atoms with Crippen LogP contribution in [0.25, 0.3) is 0 Å². The van der Waals surface area contributed by atoms with Gasteiger partial charge >= 0.3 is 5.97 Å². The fourth-order valence-corrected chi connectivity index (χ4v) is 1.92. The van der Waals surface area contributed by atoms with Gasteiger partial charge in [0, 0.05) is 24.3 Å². The number of rotatable bonds is 4. The number of aromatic nitrogens is 2. The van der Waals surface area contributed by atoms with E-state index in [2.05, 4.69) is 10.4 Å². The third-order valence-electron chi connectivity index (χ3n) is 2.68. The summed E-state index contributed by atoms with van der Waals surface area (Å²) in [5, 5.41) is 26.1. The van der Waals surface area contributed by atoms with E-state index >= 15 is 0 Å². The Balaban J connectivity index is 2.38. The molecule has 22 heavy (non-hydrogen) atoms. The summed E-state index contributed by atoms with van der Waals surface area (Å²) in [6.45, 7) is 0. The zero-order chi connectivity index (χ0) is 16.4. The highest BCUT2D eigenvalue weighted by Gasteiger charge is 2.23. The molecule has 0 fully saturated rings. The number of anilines is 1. The van der Waals surface area contributed by atoms with Crippen LogP contribution in [0.2, 0.25) is 5.02 Å². The summed E-state index contributed by atoms with van der Waals surface area (Å²) in [7, 11) is 1.45. The average molecular weight is 325 g/mol. The minimum Gasteiger partial charge on any atom is -0.478 e. The van der Waals surface area contributed by atoms with Crippen molar-refractivity contribution in [1.82, 2.24) is 9.78 Å². The molecule has 9 nitrogen and oxygen atoms in total. The zero-order valence-electron chi connectivity index (χ0n) is 11.1. The highest BCUT2D eigenvalue weighted by atomic mass is 35.5. The number of hydrogen-bond donors (Lipinski definition) is 2. The molecule has 0 radical (unpaired) electrons. The number of amides is 1. The molecule has 0 saturated carbocycles. The minimum absolute atomic E-state index is 0.110. The number of carbonyl (C=O) groups excluding carboxylic acids is 1. The molecule has 0 aliphatic heterocycles. The number of nitro benzene ring substituents is 1. The highest BCUT2D eigenvalue weighted by Crippen LogP contribution is 2.28. The van der Waals surface area contributed by atoms with E-state index in [1.54, 1.807) is 0 Å². The Labute approximate surface area is 128 Å². The van der Waals surface area contributed by atoms with E-state index in [0.29, 0.717) is 0 Å². The predicted molar refractivity (Wildman–Crippen MR) is 76.2 cm³/mol. The van der Waals surface area contributed by atoms with Crippen LogP contribution in [0.3, 0.4) is 0 Å². The number of aryl methyl sites for hydroxylation is 1. The molecule has 2 N–H and O–H groups in total. The quantitative estimate of drug-likeness (QED) is 0.653. The summed E-state index contributed by atoms with van der Waals surface area (Å²) in [5.74, 6) is -2.20. The number of nitro groups is 1. The van der Waals surface area contributed by atoms with E-state index in [9.17, 15) is 19.7 Å². The molecular weight excluding hydrogens is 316 g/mol. The Morgan fingerprint density at radius 1 is 1.45 bits per heavy atom. The summed E-state index contributed by atoms with van der Waals surface area (Å²) >= 11 is 5.67. The fourth-order valence-electron chi connectivity index (χ4n) is 1.76. The molecule has 2 aromatic rings. The second-order valence-electron chi connectivity index (χ2n) is 4.24. The molecule has 0 aliphatic carbocycles. The van der Waals surface area contributed by atoms with E-state index in [4.69, 9.17) is 16.7 Å². The Hall–Kier alpha value is -2.94. The van der Waals surface area contributed by atoms with Crippen LogP contribution in [0.4, 0.5) is 11.4 Å². The van der Waals surface area contributed by atoms with Crippen LogP contribution >= 0.6 is 11.6 Å². The van der Waals surface area contributed by atoms with Crippen molar-refractivity contribution in [2.45, 2.75) is 0 Å². The second kappa shape index (κ2) is 5.82. The van der Waals surface area contributed by atoms with Crippen LogP contribution in [-0.4, -0.2) is 31.7 Å². The number of carbonyl (C=O) groups is 2. The molecular formula is C12H9ClN4O5. The van der Waals surface area contributed by atoms with Gasteiger partial charge in [-0.2, -0.15) is 5.10 Å². The normalized spacial score (nSPS) is 10.3. The van der Waals surface area contributed by atoms with Gasteiger partial charge in [-0.3, -0.25) is 19.6 Å². The minimum atomic E-state index is -1.33. The van der Waals surface area contributed by atoms with Gasteiger partial charge in [-0.15, -0.1) is 0 Å². The third kappa shape index (κ3) is 3.04. The van der Waals surface area contributed by atoms with Crippen LogP contribution in [0.15, 0.2) is 24.4 Å². The lowest BCUT2D eigenvalue weighted by Gasteiger charge is -2.05. The van der Waals surface area contributed by atoms with Crippen LogP contribution < -0.4 is 5.32 Å². The van der Waals surface area contributed by atoms with E-state index in [1.807, 2.05) is 0 Å². The summed E-state index contributed by atoms with van der Waals surface area (Å²) in [6, 6.07) is 3.69. The topological polar surface area (TPSA) is 127 Å². The zero-order valence-corrected chi connectivity index (χ0v) is 11.9. The predicted octanol–water partition coefficient (Wildman–Crippen LogP) is 1.93. The van der Waals surface area contributed by atoms with Gasteiger partial charge in [-0.25, -0.2) is 4.79 Å². The van der Waals surface area contributed by atoms with Crippen molar-refractivity contribution in [2.24, 2.45) is 7.05 Å². The molecule has 1 heterocycles. The maximum atomic E-state index is 12.1. The van der Waals surface area contributed by atoms with E-state index in [1.165, 1.54) is 19.2 Å². The Kier molecular flexibility index (Phi) is 4.08. The number of halogens is 1. The van der Waals surface area contributed by atoms with Gasteiger partial charge in [0.2, 0.25) is 0 Å². The highest BCUT2D eigenvalue weighted by molar-refractivity contribution is 6.31. The summed E-state index contributed by atoms with van der Waals surface area (Å²) in [6.07, 6.45) is 1.16. The van der Waals surface area contributed by atoms with Crippen LogP contribution in [0.1, 0.15) is 20.8 Å². The first-order valence-electron chi connectivity index (χ1n) is 5.82. The molecule has 0 aliphatic rings. The van der Waals surface area contributed by atoms with Crippen LogP contribution in [0, 0.1) is 10.1 Å². The number of carboxylic acid groups (broad SMARTS) is 1. The largest absolute Gasteiger partial charge is 0.478 e. The SMILES string of the molecule is Cn1cc(C(=O)O)c(C(=O)Nc2ccc(Cl)cc2[N+](=O)[O-])n1. The molecule has 2 rings (SSSR count). The lowest BCUT2D eigenvalue weighted by Crippen LogP contribution is -2.17. The molecule has 0 unspecified atom stereocenters. The molecule has 10 heteroatoms. The maximum absolute atomic E-state index is 12.1. The molecule has 1 aromatic carbocycles. The molecule has 1 aromatic heterocycles. The Morgan fingerprint density at radius 3 is 2.73 bits per heavy atom. The van der Waals surface area contributed by atoms with Gasteiger partial charge in [0.25, 0.3) is 11.6 Å². The van der Waals surface area contributed by atoms with Gasteiger partial charge in [-0.1, -0.05) is 11.6 Å². The van der Waals surface area contributed by atoms with E-state index < -0.39 is 22.5 Å². The Morgan fingerprint density at radius 2 is 2.14 bits per heavy atom. The first kappa shape index (κ1) is 15.4. The summed E-state index contributed by atoms with van der Waals surface area (Å²) in [4.78, 5) is 33.4. The van der Waals surface area contributed by atoms with Crippen molar-refractivity contribution in [1.29, 1.82) is 0 Å². The van der Waals surface area contributed by atoms with E-state index in [0.717, 1.165) is 16.9 Å². The average Bonchev–Trinajstić information content (AvgIpc) is 2.83. The number of hydrogen-bond acceptors (Lipinski definition) is 5. The number of nitrogens with zero attached hydrogens (tertiary/aromatic N) is 3. The number of carboxylic acids is 1. The molecule has 0 atom stereocenters. The summed E-state index contributed by atoms with van der Waals surface area (Å²) < 4.78 is 1.16. The molecule has 1 amide bonds. The fraction of sp³-hybridized carbons (Fsp3) is 0.0833. The molecule has 0 saturated heterocycles. The van der Waals surface area contributed by atoms with Gasteiger partial charge in [0.15, 0.2) is 5.69 Å². The first-order chi connectivity index (χ1) is 10.3. The van der Waals surface area contributed by atoms with Gasteiger partial charge in [0.05, 0.1) is 4.92 Å². The number of nitrogens with one attached hydrogen (secondary N) is 1. The van der Waals surface area contributed by atoms with Crippen molar-refractivity contribution >= 4 is 34.9 Å². The lowest BCUT2D eigenvalue weighted by atomic mass is 10.2. The van der Waals surface area contributed by atoms with Gasteiger partial charge in [-0.05, 0) is 12.1 Å². The van der Waals surface area contributed by atoms with Crippen LogP contribution in [-0.2, 0) is 7.05 Å². The van der Waals surface area contributed by atoms with Gasteiger partial charge < -0.3 is 10.4 Å². The van der Waals surface area contributed by atoms with Crippen molar-refractivity contribution in [3.63, 3.8) is 0 Å². The van der Waals surface area contributed by atoms with E-state index in [-0.39, 0.29) is 22.0 Å².